The Morgan fingerprint density at radius 2 is 1.64 bits per heavy atom. The number of rotatable bonds is 8. The number of carbonyl (C=O) groups excluding carboxylic acids is 2. The highest BCUT2D eigenvalue weighted by atomic mass is 16.5. The Balaban J connectivity index is 1.49. The van der Waals surface area contributed by atoms with Crippen LogP contribution >= 0.6 is 0 Å². The summed E-state index contributed by atoms with van der Waals surface area (Å²) < 4.78 is 16.4. The number of esters is 1. The van der Waals surface area contributed by atoms with Gasteiger partial charge in [-0.15, -0.1) is 0 Å². The topological polar surface area (TPSA) is 86.2 Å². The van der Waals surface area contributed by atoms with Gasteiger partial charge in [0.05, 0.1) is 18.9 Å². The van der Waals surface area contributed by atoms with Crippen molar-refractivity contribution in [2.75, 3.05) is 13.7 Å². The summed E-state index contributed by atoms with van der Waals surface area (Å²) in [7, 11) is 1.56. The average Bonchev–Trinajstić information content (AvgIpc) is 2.90. The van der Waals surface area contributed by atoms with Crippen LogP contribution in [0.3, 0.4) is 0 Å². The van der Waals surface area contributed by atoms with Gasteiger partial charge in [-0.1, -0.05) is 36.4 Å². The second-order valence-electron chi connectivity index (χ2n) is 8.14. The Labute approximate surface area is 209 Å². The first kappa shape index (κ1) is 24.5. The van der Waals surface area contributed by atoms with E-state index in [-0.39, 0.29) is 6.61 Å². The standard InChI is InChI=1S/C29H26N2O5/c1-19-8-12-24(16-20(19)2)35-18-28(32)31-30-17-26-25-7-5-4-6-21(25)11-15-27(26)36-29(33)22-9-13-23(34-3)14-10-22/h4-17H,18H2,1-3H3,(H,31,32)/b30-17+. The lowest BCUT2D eigenvalue weighted by Gasteiger charge is -2.11. The number of methoxy groups -OCH3 is 1. The van der Waals surface area contributed by atoms with Gasteiger partial charge in [0.1, 0.15) is 17.2 Å². The smallest absolute Gasteiger partial charge is 0.343 e. The van der Waals surface area contributed by atoms with Gasteiger partial charge in [0.25, 0.3) is 5.91 Å². The molecule has 0 aliphatic rings. The molecule has 0 bridgehead atoms. The molecule has 0 heterocycles. The molecule has 4 aromatic carbocycles. The number of nitrogens with zero attached hydrogens (tertiary/aromatic N) is 1. The number of nitrogens with one attached hydrogen (secondary N) is 1. The largest absolute Gasteiger partial charge is 0.497 e. The van der Waals surface area contributed by atoms with Gasteiger partial charge < -0.3 is 14.2 Å². The summed E-state index contributed by atoms with van der Waals surface area (Å²) in [5.74, 6) is 0.634. The maximum atomic E-state index is 12.8. The maximum absolute atomic E-state index is 12.8. The Morgan fingerprint density at radius 3 is 2.39 bits per heavy atom. The Hall–Kier alpha value is -4.65. The molecule has 182 valence electrons. The van der Waals surface area contributed by atoms with Gasteiger partial charge in [-0.3, -0.25) is 4.79 Å². The van der Waals surface area contributed by atoms with Crippen LogP contribution in [-0.2, 0) is 4.79 Å². The maximum Gasteiger partial charge on any atom is 0.343 e. The number of hydrazone groups is 1. The second kappa shape index (κ2) is 11.2. The Kier molecular flexibility index (Phi) is 7.60. The molecule has 0 fully saturated rings. The fraction of sp³-hybridized carbons (Fsp3) is 0.138. The number of hydrogen-bond acceptors (Lipinski definition) is 6. The summed E-state index contributed by atoms with van der Waals surface area (Å²) in [4.78, 5) is 25.0. The van der Waals surface area contributed by atoms with E-state index in [4.69, 9.17) is 14.2 Å². The predicted molar refractivity (Wildman–Crippen MR) is 139 cm³/mol. The first-order valence-corrected chi connectivity index (χ1v) is 11.3. The molecule has 7 heteroatoms. The van der Waals surface area contributed by atoms with Gasteiger partial charge >= 0.3 is 5.97 Å². The summed E-state index contributed by atoms with van der Waals surface area (Å²) in [5, 5.41) is 5.85. The van der Waals surface area contributed by atoms with Gasteiger partial charge in [-0.2, -0.15) is 5.10 Å². The number of ether oxygens (including phenoxy) is 3. The number of fused-ring (bicyclic) bond motifs is 1. The van der Waals surface area contributed by atoms with E-state index in [1.54, 1.807) is 37.4 Å². The van der Waals surface area contributed by atoms with Gasteiger partial charge in [-0.05, 0) is 78.2 Å². The van der Waals surface area contributed by atoms with Crippen LogP contribution in [0.5, 0.6) is 17.2 Å². The third-order valence-electron chi connectivity index (χ3n) is 5.69. The van der Waals surface area contributed by atoms with Gasteiger partial charge in [0, 0.05) is 5.56 Å². The van der Waals surface area contributed by atoms with Gasteiger partial charge in [-0.25, -0.2) is 10.2 Å². The highest BCUT2D eigenvalue weighted by Gasteiger charge is 2.14. The molecule has 1 amide bonds. The third kappa shape index (κ3) is 5.88. The lowest BCUT2D eigenvalue weighted by atomic mass is 10.0. The lowest BCUT2D eigenvalue weighted by Crippen LogP contribution is -2.24. The zero-order chi connectivity index (χ0) is 25.5. The normalized spacial score (nSPS) is 10.9. The van der Waals surface area contributed by atoms with E-state index in [9.17, 15) is 9.59 Å². The zero-order valence-electron chi connectivity index (χ0n) is 20.3. The van der Waals surface area contributed by atoms with Crippen molar-refractivity contribution in [3.05, 3.63) is 101 Å². The third-order valence-corrected chi connectivity index (χ3v) is 5.69. The molecular formula is C29H26N2O5. The van der Waals surface area contributed by atoms with Crippen molar-refractivity contribution < 1.29 is 23.8 Å². The molecule has 0 aliphatic carbocycles. The number of carbonyl (C=O) groups is 2. The summed E-state index contributed by atoms with van der Waals surface area (Å²) in [5.41, 5.74) is 5.64. The minimum absolute atomic E-state index is 0.186. The van der Waals surface area contributed by atoms with Crippen LogP contribution in [-0.4, -0.2) is 31.8 Å². The van der Waals surface area contributed by atoms with Crippen molar-refractivity contribution in [3.8, 4) is 17.2 Å². The van der Waals surface area contributed by atoms with Gasteiger partial charge in [0.15, 0.2) is 6.61 Å². The van der Waals surface area contributed by atoms with E-state index in [0.717, 1.165) is 21.9 Å². The number of hydrogen-bond donors (Lipinski definition) is 1. The SMILES string of the molecule is COc1ccc(C(=O)Oc2ccc3ccccc3c2/C=N/NC(=O)COc2ccc(C)c(C)c2)cc1. The van der Waals surface area contributed by atoms with E-state index in [0.29, 0.717) is 28.4 Å². The van der Waals surface area contributed by atoms with E-state index in [2.05, 4.69) is 10.5 Å². The van der Waals surface area contributed by atoms with Crippen molar-refractivity contribution in [1.29, 1.82) is 0 Å². The molecule has 36 heavy (non-hydrogen) atoms. The number of aryl methyl sites for hydroxylation is 2. The predicted octanol–water partition coefficient (Wildman–Crippen LogP) is 5.21. The van der Waals surface area contributed by atoms with E-state index < -0.39 is 11.9 Å². The first-order chi connectivity index (χ1) is 17.4. The molecule has 0 spiro atoms. The zero-order valence-corrected chi connectivity index (χ0v) is 20.3. The van der Waals surface area contributed by atoms with Crippen LogP contribution in [0.15, 0.2) is 84.0 Å². The summed E-state index contributed by atoms with van der Waals surface area (Å²) in [6.07, 6.45) is 1.47. The molecule has 7 nitrogen and oxygen atoms in total. The van der Waals surface area contributed by atoms with Crippen molar-refractivity contribution in [3.63, 3.8) is 0 Å². The second-order valence-corrected chi connectivity index (χ2v) is 8.14. The van der Waals surface area contributed by atoms with Crippen LogP contribution in [0.4, 0.5) is 0 Å². The highest BCUT2D eigenvalue weighted by molar-refractivity contribution is 6.04. The molecule has 4 rings (SSSR count). The van der Waals surface area contributed by atoms with Crippen LogP contribution in [0.25, 0.3) is 10.8 Å². The molecule has 0 radical (unpaired) electrons. The molecule has 0 saturated carbocycles. The van der Waals surface area contributed by atoms with Crippen LogP contribution < -0.4 is 19.6 Å². The lowest BCUT2D eigenvalue weighted by molar-refractivity contribution is -0.123. The molecular weight excluding hydrogens is 456 g/mol. The van der Waals surface area contributed by atoms with E-state index >= 15 is 0 Å². The molecule has 1 N–H and O–H groups in total. The molecule has 0 atom stereocenters. The molecule has 0 saturated heterocycles. The van der Waals surface area contributed by atoms with Crippen molar-refractivity contribution in [2.45, 2.75) is 13.8 Å². The van der Waals surface area contributed by atoms with Crippen molar-refractivity contribution in [1.82, 2.24) is 5.43 Å². The minimum atomic E-state index is -0.520. The molecule has 0 aliphatic heterocycles. The van der Waals surface area contributed by atoms with E-state index in [1.165, 1.54) is 6.21 Å². The highest BCUT2D eigenvalue weighted by Crippen LogP contribution is 2.27. The molecule has 0 unspecified atom stereocenters. The molecule has 0 aromatic heterocycles. The van der Waals surface area contributed by atoms with Gasteiger partial charge in [0.2, 0.25) is 0 Å². The summed E-state index contributed by atoms with van der Waals surface area (Å²) >= 11 is 0. The van der Waals surface area contributed by atoms with Crippen LogP contribution in [0, 0.1) is 13.8 Å². The van der Waals surface area contributed by atoms with Crippen LogP contribution in [0.1, 0.15) is 27.0 Å². The van der Waals surface area contributed by atoms with Crippen LogP contribution in [0.2, 0.25) is 0 Å². The van der Waals surface area contributed by atoms with Crippen molar-refractivity contribution >= 4 is 28.9 Å². The number of benzene rings is 4. The van der Waals surface area contributed by atoms with Crippen molar-refractivity contribution in [2.24, 2.45) is 5.10 Å². The Bertz CT molecular complexity index is 1430. The first-order valence-electron chi connectivity index (χ1n) is 11.3. The van der Waals surface area contributed by atoms with E-state index in [1.807, 2.05) is 62.4 Å². The summed E-state index contributed by atoms with van der Waals surface area (Å²) in [6, 6.07) is 23.5. The molecule has 4 aromatic rings. The fourth-order valence-corrected chi connectivity index (χ4v) is 3.54. The average molecular weight is 483 g/mol. The quantitative estimate of drug-likeness (QED) is 0.161. The number of amides is 1. The fourth-order valence-electron chi connectivity index (χ4n) is 3.54. The Morgan fingerprint density at radius 1 is 0.889 bits per heavy atom. The minimum Gasteiger partial charge on any atom is -0.497 e. The monoisotopic (exact) mass is 482 g/mol. The summed E-state index contributed by atoms with van der Waals surface area (Å²) in [6.45, 7) is 3.81.